The fourth-order valence-electron chi connectivity index (χ4n) is 1.37. The van der Waals surface area contributed by atoms with Gasteiger partial charge in [-0.05, 0) is 24.6 Å². The predicted molar refractivity (Wildman–Crippen MR) is 71.1 cm³/mol. The number of hydrogen-bond acceptors (Lipinski definition) is 4. The van der Waals surface area contributed by atoms with E-state index in [0.717, 1.165) is 5.56 Å². The Labute approximate surface area is 107 Å². The SMILES string of the molecule is Cc1cc(S(=O)(=O)NN(C)C)ccc1C(N)=S. The Kier molecular flexibility index (Phi) is 4.21. The van der Waals surface area contributed by atoms with Crippen LogP contribution in [0.3, 0.4) is 0 Å². The van der Waals surface area contributed by atoms with Crippen LogP contribution in [0.15, 0.2) is 23.1 Å². The van der Waals surface area contributed by atoms with Gasteiger partial charge in [-0.3, -0.25) is 0 Å². The van der Waals surface area contributed by atoms with Crippen LogP contribution in [0.1, 0.15) is 11.1 Å². The summed E-state index contributed by atoms with van der Waals surface area (Å²) in [5, 5.41) is 1.37. The first-order valence-electron chi connectivity index (χ1n) is 4.84. The van der Waals surface area contributed by atoms with E-state index in [-0.39, 0.29) is 9.88 Å². The zero-order valence-electron chi connectivity index (χ0n) is 9.89. The molecule has 17 heavy (non-hydrogen) atoms. The van der Waals surface area contributed by atoms with Crippen molar-refractivity contribution in [3.63, 3.8) is 0 Å². The third-order valence-electron chi connectivity index (χ3n) is 2.08. The van der Waals surface area contributed by atoms with E-state index in [1.165, 1.54) is 11.1 Å². The Balaban J connectivity index is 3.18. The average molecular weight is 273 g/mol. The summed E-state index contributed by atoms with van der Waals surface area (Å²) < 4.78 is 23.7. The van der Waals surface area contributed by atoms with Crippen LogP contribution in [0.2, 0.25) is 0 Å². The highest BCUT2D eigenvalue weighted by Crippen LogP contribution is 2.15. The first-order valence-corrected chi connectivity index (χ1v) is 6.73. The molecule has 0 aliphatic carbocycles. The summed E-state index contributed by atoms with van der Waals surface area (Å²) in [4.78, 5) is 2.79. The number of benzene rings is 1. The minimum atomic E-state index is -3.53. The molecule has 0 radical (unpaired) electrons. The molecular formula is C10H15N3O2S2. The van der Waals surface area contributed by atoms with E-state index in [0.29, 0.717) is 5.56 Å². The monoisotopic (exact) mass is 273 g/mol. The first-order chi connectivity index (χ1) is 7.74. The summed E-state index contributed by atoms with van der Waals surface area (Å²) in [6, 6.07) is 4.63. The summed E-state index contributed by atoms with van der Waals surface area (Å²) in [5.41, 5.74) is 6.93. The number of nitrogens with two attached hydrogens (primary N) is 1. The number of nitrogens with one attached hydrogen (secondary N) is 1. The largest absolute Gasteiger partial charge is 0.389 e. The summed E-state index contributed by atoms with van der Waals surface area (Å²) in [5.74, 6) is 0. The predicted octanol–water partition coefficient (Wildman–Crippen LogP) is 0.384. The summed E-state index contributed by atoms with van der Waals surface area (Å²) >= 11 is 4.86. The van der Waals surface area contributed by atoms with Gasteiger partial charge in [0.25, 0.3) is 10.0 Å². The van der Waals surface area contributed by atoms with Crippen molar-refractivity contribution < 1.29 is 8.42 Å². The molecule has 0 aliphatic rings. The molecule has 0 saturated heterocycles. The van der Waals surface area contributed by atoms with Crippen molar-refractivity contribution >= 4 is 27.2 Å². The Morgan fingerprint density at radius 3 is 2.41 bits per heavy atom. The molecule has 0 heterocycles. The molecule has 0 aromatic heterocycles. The van der Waals surface area contributed by atoms with E-state index in [1.807, 2.05) is 0 Å². The molecule has 7 heteroatoms. The third-order valence-corrected chi connectivity index (χ3v) is 3.78. The lowest BCUT2D eigenvalue weighted by Crippen LogP contribution is -2.36. The molecule has 0 unspecified atom stereocenters. The zero-order chi connectivity index (χ0) is 13.2. The number of nitrogens with zero attached hydrogens (tertiary/aromatic N) is 1. The highest BCUT2D eigenvalue weighted by molar-refractivity contribution is 7.89. The molecule has 94 valence electrons. The molecule has 1 rings (SSSR count). The van der Waals surface area contributed by atoms with E-state index in [2.05, 4.69) is 4.83 Å². The normalized spacial score (nSPS) is 11.8. The Hall–Kier alpha value is -1.02. The molecule has 0 spiro atoms. The molecule has 5 nitrogen and oxygen atoms in total. The number of rotatable bonds is 4. The van der Waals surface area contributed by atoms with Crippen molar-refractivity contribution in [1.29, 1.82) is 0 Å². The number of thiocarbonyl (C=S) groups is 1. The lowest BCUT2D eigenvalue weighted by atomic mass is 10.1. The number of hydrazine groups is 1. The van der Waals surface area contributed by atoms with Crippen LogP contribution in [-0.2, 0) is 10.0 Å². The van der Waals surface area contributed by atoms with Crippen molar-refractivity contribution in [2.75, 3.05) is 14.1 Å². The van der Waals surface area contributed by atoms with Gasteiger partial charge >= 0.3 is 0 Å². The van der Waals surface area contributed by atoms with Gasteiger partial charge in [-0.25, -0.2) is 13.4 Å². The van der Waals surface area contributed by atoms with Gasteiger partial charge in [-0.15, -0.1) is 4.83 Å². The van der Waals surface area contributed by atoms with Gasteiger partial charge in [0.1, 0.15) is 4.99 Å². The maximum atomic E-state index is 11.9. The van der Waals surface area contributed by atoms with Crippen molar-refractivity contribution in [3.8, 4) is 0 Å². The number of sulfonamides is 1. The van der Waals surface area contributed by atoms with E-state index in [9.17, 15) is 8.42 Å². The van der Waals surface area contributed by atoms with Gasteiger partial charge in [0.05, 0.1) is 4.90 Å². The van der Waals surface area contributed by atoms with Crippen LogP contribution >= 0.6 is 12.2 Å². The van der Waals surface area contributed by atoms with Crippen LogP contribution in [-0.4, -0.2) is 32.5 Å². The fourth-order valence-corrected chi connectivity index (χ4v) is 2.77. The van der Waals surface area contributed by atoms with Gasteiger partial charge in [-0.1, -0.05) is 18.3 Å². The van der Waals surface area contributed by atoms with E-state index in [4.69, 9.17) is 18.0 Å². The van der Waals surface area contributed by atoms with Gasteiger partial charge in [0.2, 0.25) is 0 Å². The topological polar surface area (TPSA) is 75.4 Å². The van der Waals surface area contributed by atoms with Gasteiger partial charge in [-0.2, -0.15) is 0 Å². The molecular weight excluding hydrogens is 258 g/mol. The average Bonchev–Trinajstić information content (AvgIpc) is 2.14. The minimum Gasteiger partial charge on any atom is -0.389 e. The van der Waals surface area contributed by atoms with Crippen molar-refractivity contribution in [3.05, 3.63) is 29.3 Å². The number of aryl methyl sites for hydroxylation is 1. The minimum absolute atomic E-state index is 0.184. The Morgan fingerprint density at radius 1 is 1.41 bits per heavy atom. The van der Waals surface area contributed by atoms with Gasteiger partial charge < -0.3 is 5.73 Å². The van der Waals surface area contributed by atoms with Crippen LogP contribution in [0.25, 0.3) is 0 Å². The molecule has 1 aromatic rings. The molecule has 1 aromatic carbocycles. The second-order valence-corrected chi connectivity index (χ2v) is 5.93. The Bertz CT molecular complexity index is 538. The lowest BCUT2D eigenvalue weighted by Gasteiger charge is -2.13. The van der Waals surface area contributed by atoms with E-state index in [1.54, 1.807) is 33.2 Å². The van der Waals surface area contributed by atoms with Crippen molar-refractivity contribution in [2.45, 2.75) is 11.8 Å². The first kappa shape index (κ1) is 14.0. The second-order valence-electron chi connectivity index (χ2n) is 3.83. The smallest absolute Gasteiger partial charge is 0.253 e. The molecule has 0 atom stereocenters. The quantitative estimate of drug-likeness (QED) is 0.613. The maximum absolute atomic E-state index is 11.9. The zero-order valence-corrected chi connectivity index (χ0v) is 11.5. The van der Waals surface area contributed by atoms with E-state index >= 15 is 0 Å². The molecule has 3 N–H and O–H groups in total. The standard InChI is InChI=1S/C10H15N3O2S2/c1-7-6-8(4-5-9(7)10(11)16)17(14,15)12-13(2)3/h4-6,12H,1-3H3,(H2,11,16). The number of hydrogen-bond donors (Lipinski definition) is 2. The maximum Gasteiger partial charge on any atom is 0.253 e. The van der Waals surface area contributed by atoms with Gasteiger partial charge in [0.15, 0.2) is 0 Å². The van der Waals surface area contributed by atoms with Crippen molar-refractivity contribution in [2.24, 2.45) is 5.73 Å². The molecule has 0 aliphatic heterocycles. The van der Waals surface area contributed by atoms with Crippen LogP contribution in [0, 0.1) is 6.92 Å². The molecule has 0 bridgehead atoms. The summed E-state index contributed by atoms with van der Waals surface area (Å²) in [7, 11) is -0.323. The van der Waals surface area contributed by atoms with Crippen LogP contribution < -0.4 is 10.6 Å². The van der Waals surface area contributed by atoms with Crippen LogP contribution in [0.5, 0.6) is 0 Å². The van der Waals surface area contributed by atoms with E-state index < -0.39 is 10.0 Å². The fraction of sp³-hybridized carbons (Fsp3) is 0.300. The molecule has 0 saturated carbocycles. The van der Waals surface area contributed by atoms with Crippen LogP contribution in [0.4, 0.5) is 0 Å². The highest BCUT2D eigenvalue weighted by Gasteiger charge is 2.16. The van der Waals surface area contributed by atoms with Gasteiger partial charge in [0, 0.05) is 19.7 Å². The summed E-state index contributed by atoms with van der Waals surface area (Å²) in [6.45, 7) is 1.77. The third kappa shape index (κ3) is 3.47. The highest BCUT2D eigenvalue weighted by atomic mass is 32.2. The summed E-state index contributed by atoms with van der Waals surface area (Å²) in [6.07, 6.45) is 0. The Morgan fingerprint density at radius 2 is 2.00 bits per heavy atom. The second kappa shape index (κ2) is 5.09. The molecule has 0 amide bonds. The lowest BCUT2D eigenvalue weighted by molar-refractivity contribution is 0.364. The van der Waals surface area contributed by atoms with Crippen molar-refractivity contribution in [1.82, 2.24) is 9.84 Å². The molecule has 0 fully saturated rings.